The summed E-state index contributed by atoms with van der Waals surface area (Å²) in [5, 5.41) is 36.5. The van der Waals surface area contributed by atoms with Crippen molar-refractivity contribution in [3.05, 3.63) is 47.5 Å². The average Bonchev–Trinajstić information content (AvgIpc) is 2.84. The second kappa shape index (κ2) is 11.1. The van der Waals surface area contributed by atoms with E-state index in [4.69, 9.17) is 10.8 Å². The maximum atomic E-state index is 12.4. The Hall–Kier alpha value is -3.83. The second-order valence-electron chi connectivity index (χ2n) is 9.76. The molecule has 0 spiro atoms. The molecule has 1 saturated heterocycles. The lowest BCUT2D eigenvalue weighted by Crippen LogP contribution is -2.48. The van der Waals surface area contributed by atoms with E-state index in [1.165, 1.54) is 6.07 Å². The number of carboxylic acid groups (broad SMARTS) is 1. The SMILES string of the molecule is CC(C)c1cc(-c2n[nH]n2-c2ccc(CN3CCN(C(=O)CCC(N)C(=O)O)CC3)cc2)c(O)cc1O. The molecule has 4 rings (SSSR count). The maximum absolute atomic E-state index is 12.4. The molecule has 1 fully saturated rings. The first-order valence-electron chi connectivity index (χ1n) is 12.4. The number of nitrogens with two attached hydrogens (primary N) is 1. The number of phenols is 2. The lowest BCUT2D eigenvalue weighted by molar-refractivity contribution is -0.139. The fourth-order valence-corrected chi connectivity index (χ4v) is 4.47. The quantitative estimate of drug-likeness (QED) is 0.293. The number of aromatic amines is 1. The maximum Gasteiger partial charge on any atom is 0.320 e. The van der Waals surface area contributed by atoms with Crippen LogP contribution < -0.4 is 5.73 Å². The zero-order valence-corrected chi connectivity index (χ0v) is 21.1. The van der Waals surface area contributed by atoms with Crippen molar-refractivity contribution >= 4 is 11.9 Å². The van der Waals surface area contributed by atoms with E-state index in [-0.39, 0.29) is 36.2 Å². The number of carbonyl (C=O) groups excluding carboxylic acids is 1. The van der Waals surface area contributed by atoms with Gasteiger partial charge in [-0.25, -0.2) is 9.90 Å². The number of aliphatic carboxylic acids is 1. The summed E-state index contributed by atoms with van der Waals surface area (Å²) in [6.45, 7) is 7.38. The molecule has 0 saturated carbocycles. The molecule has 1 aliphatic rings. The molecular weight excluding hydrogens is 476 g/mol. The molecule has 198 valence electrons. The van der Waals surface area contributed by atoms with Crippen LogP contribution in [0.3, 0.4) is 0 Å². The number of aromatic hydroxyl groups is 2. The van der Waals surface area contributed by atoms with E-state index >= 15 is 0 Å². The summed E-state index contributed by atoms with van der Waals surface area (Å²) in [4.78, 5) is 27.2. The van der Waals surface area contributed by atoms with Crippen molar-refractivity contribution < 1.29 is 24.9 Å². The Labute approximate surface area is 215 Å². The van der Waals surface area contributed by atoms with Gasteiger partial charge in [-0.05, 0) is 41.7 Å². The number of rotatable bonds is 9. The van der Waals surface area contributed by atoms with Crippen LogP contribution in [0.5, 0.6) is 11.5 Å². The van der Waals surface area contributed by atoms with Gasteiger partial charge in [-0.3, -0.25) is 14.5 Å². The number of benzene rings is 2. The zero-order valence-electron chi connectivity index (χ0n) is 21.1. The van der Waals surface area contributed by atoms with Gasteiger partial charge in [-0.2, -0.15) is 0 Å². The summed E-state index contributed by atoms with van der Waals surface area (Å²) in [7, 11) is 0. The van der Waals surface area contributed by atoms with Crippen LogP contribution in [-0.4, -0.2) is 84.2 Å². The van der Waals surface area contributed by atoms with Gasteiger partial charge in [0.2, 0.25) is 5.91 Å². The zero-order chi connectivity index (χ0) is 26.7. The number of amides is 1. The Balaban J connectivity index is 1.34. The van der Waals surface area contributed by atoms with Crippen LogP contribution in [0.1, 0.15) is 43.7 Å². The summed E-state index contributed by atoms with van der Waals surface area (Å²) in [6, 6.07) is 10.1. The fraction of sp³-hybridized carbons (Fsp3) is 0.423. The molecule has 0 radical (unpaired) electrons. The van der Waals surface area contributed by atoms with Crippen LogP contribution in [0, 0.1) is 0 Å². The largest absolute Gasteiger partial charge is 0.508 e. The molecule has 1 unspecified atom stereocenters. The monoisotopic (exact) mass is 510 g/mol. The second-order valence-corrected chi connectivity index (χ2v) is 9.76. The molecule has 0 aliphatic carbocycles. The number of hydrogen-bond donors (Lipinski definition) is 5. The van der Waals surface area contributed by atoms with Crippen LogP contribution in [0.25, 0.3) is 17.1 Å². The minimum Gasteiger partial charge on any atom is -0.508 e. The summed E-state index contributed by atoms with van der Waals surface area (Å²) < 4.78 is 1.78. The van der Waals surface area contributed by atoms with E-state index in [1.54, 1.807) is 15.6 Å². The minimum absolute atomic E-state index is 0.0360. The predicted molar refractivity (Wildman–Crippen MR) is 137 cm³/mol. The van der Waals surface area contributed by atoms with Gasteiger partial charge in [0, 0.05) is 45.2 Å². The number of piperazine rings is 1. The number of nitrogens with zero attached hydrogens (tertiary/aromatic N) is 4. The highest BCUT2D eigenvalue weighted by molar-refractivity contribution is 5.78. The smallest absolute Gasteiger partial charge is 0.320 e. The molecule has 0 bridgehead atoms. The molecule has 37 heavy (non-hydrogen) atoms. The van der Waals surface area contributed by atoms with E-state index in [2.05, 4.69) is 15.2 Å². The van der Waals surface area contributed by atoms with Gasteiger partial charge in [0.25, 0.3) is 0 Å². The minimum atomic E-state index is -1.09. The van der Waals surface area contributed by atoms with Crippen molar-refractivity contribution in [2.75, 3.05) is 26.2 Å². The molecule has 11 heteroatoms. The Morgan fingerprint density at radius 2 is 1.73 bits per heavy atom. The van der Waals surface area contributed by atoms with E-state index in [0.29, 0.717) is 24.5 Å². The molecule has 1 aromatic heterocycles. The summed E-state index contributed by atoms with van der Waals surface area (Å²) in [5.74, 6) is -0.455. The highest BCUT2D eigenvalue weighted by Crippen LogP contribution is 2.37. The third-order valence-electron chi connectivity index (χ3n) is 6.79. The van der Waals surface area contributed by atoms with Crippen LogP contribution in [0.15, 0.2) is 36.4 Å². The lowest BCUT2D eigenvalue weighted by atomic mass is 9.98. The predicted octanol–water partition coefficient (Wildman–Crippen LogP) is 2.24. The fourth-order valence-electron chi connectivity index (χ4n) is 4.47. The van der Waals surface area contributed by atoms with Gasteiger partial charge >= 0.3 is 5.97 Å². The van der Waals surface area contributed by atoms with Crippen molar-refractivity contribution in [2.45, 2.75) is 45.2 Å². The summed E-state index contributed by atoms with van der Waals surface area (Å²) in [6.07, 6.45) is 0.287. The molecule has 1 aliphatic heterocycles. The lowest BCUT2D eigenvalue weighted by Gasteiger charge is -2.35. The van der Waals surface area contributed by atoms with Crippen molar-refractivity contribution in [1.29, 1.82) is 0 Å². The molecule has 1 atom stereocenters. The Morgan fingerprint density at radius 1 is 1.05 bits per heavy atom. The highest BCUT2D eigenvalue weighted by Gasteiger charge is 2.23. The average molecular weight is 511 g/mol. The number of carboxylic acids is 1. The van der Waals surface area contributed by atoms with E-state index in [1.807, 2.05) is 38.1 Å². The van der Waals surface area contributed by atoms with Gasteiger partial charge in [0.05, 0.1) is 11.3 Å². The molecular formula is C26H34N6O5. The van der Waals surface area contributed by atoms with Crippen molar-refractivity contribution in [3.8, 4) is 28.6 Å². The van der Waals surface area contributed by atoms with Gasteiger partial charge < -0.3 is 26.0 Å². The molecule has 2 aromatic carbocycles. The number of nitrogens with one attached hydrogen (secondary N) is 1. The first kappa shape index (κ1) is 26.2. The molecule has 6 N–H and O–H groups in total. The van der Waals surface area contributed by atoms with Gasteiger partial charge in [-0.15, -0.1) is 5.10 Å². The van der Waals surface area contributed by atoms with Gasteiger partial charge in [0.1, 0.15) is 17.5 Å². The normalized spacial score (nSPS) is 15.3. The number of carbonyl (C=O) groups is 2. The number of hydrogen-bond acceptors (Lipinski definition) is 7. The number of aromatic nitrogens is 3. The van der Waals surface area contributed by atoms with Crippen LogP contribution in [0.2, 0.25) is 0 Å². The number of H-pyrrole nitrogens is 1. The van der Waals surface area contributed by atoms with E-state index in [9.17, 15) is 19.8 Å². The molecule has 2 heterocycles. The van der Waals surface area contributed by atoms with Gasteiger partial charge in [0.15, 0.2) is 5.82 Å². The Morgan fingerprint density at radius 3 is 2.30 bits per heavy atom. The first-order chi connectivity index (χ1) is 17.6. The Kier molecular flexibility index (Phi) is 7.84. The van der Waals surface area contributed by atoms with Crippen LogP contribution in [-0.2, 0) is 16.1 Å². The summed E-state index contributed by atoms with van der Waals surface area (Å²) in [5.41, 5.74) is 8.77. The van der Waals surface area contributed by atoms with E-state index < -0.39 is 12.0 Å². The van der Waals surface area contributed by atoms with Gasteiger partial charge in [-0.1, -0.05) is 26.0 Å². The number of phenolic OH excluding ortho intramolecular Hbond substituents is 2. The van der Waals surface area contributed by atoms with Crippen molar-refractivity contribution in [3.63, 3.8) is 0 Å². The highest BCUT2D eigenvalue weighted by atomic mass is 16.4. The first-order valence-corrected chi connectivity index (χ1v) is 12.4. The molecule has 11 nitrogen and oxygen atoms in total. The van der Waals surface area contributed by atoms with Crippen LogP contribution in [0.4, 0.5) is 0 Å². The summed E-state index contributed by atoms with van der Waals surface area (Å²) >= 11 is 0. The van der Waals surface area contributed by atoms with Crippen molar-refractivity contribution in [2.24, 2.45) is 5.73 Å². The molecule has 1 amide bonds. The van der Waals surface area contributed by atoms with E-state index in [0.717, 1.165) is 36.4 Å². The third-order valence-corrected chi connectivity index (χ3v) is 6.79. The molecule has 3 aromatic rings. The standard InChI is InChI=1S/C26H34N6O5/c1-16(2)19-13-20(23(34)14-22(19)33)25-28-29-32(25)18-5-3-17(4-6-18)15-30-9-11-31(12-10-30)24(35)8-7-21(27)26(36)37/h3-6,13-14,16,21,29,33-34H,7-12,15,27H2,1-2H3,(H,36,37). The third kappa shape index (κ3) is 5.95. The van der Waals surface area contributed by atoms with Crippen molar-refractivity contribution in [1.82, 2.24) is 24.8 Å². The topological polar surface area (TPSA) is 161 Å². The van der Waals surface area contributed by atoms with Crippen LogP contribution >= 0.6 is 0 Å². The Bertz CT molecular complexity index is 1240.